The van der Waals surface area contributed by atoms with Gasteiger partial charge >= 0.3 is 5.97 Å². The van der Waals surface area contributed by atoms with E-state index >= 15 is 0 Å². The van der Waals surface area contributed by atoms with Gasteiger partial charge in [-0.05, 0) is 6.08 Å². The van der Waals surface area contributed by atoms with E-state index in [2.05, 4.69) is 4.98 Å². The SMILES string of the molecule is N#C/C(=C/c1c(-c2ccccc2)nc2sccn12)C(=O)O. The Bertz CT molecular complexity index is 885. The van der Waals surface area contributed by atoms with E-state index in [1.165, 1.54) is 17.4 Å². The largest absolute Gasteiger partial charge is 0.477 e. The number of thiazole rings is 1. The molecule has 0 saturated heterocycles. The highest BCUT2D eigenvalue weighted by atomic mass is 32.1. The number of nitrogens with zero attached hydrogens (tertiary/aromatic N) is 3. The first-order valence-electron chi connectivity index (χ1n) is 6.07. The molecule has 0 atom stereocenters. The third-order valence-electron chi connectivity index (χ3n) is 2.98. The molecule has 5 nitrogen and oxygen atoms in total. The van der Waals surface area contributed by atoms with E-state index in [1.807, 2.05) is 41.9 Å². The van der Waals surface area contributed by atoms with Crippen LogP contribution in [-0.2, 0) is 4.79 Å². The molecule has 3 aromatic rings. The molecule has 1 N–H and O–H groups in total. The Morgan fingerprint density at radius 1 is 1.38 bits per heavy atom. The molecule has 2 heterocycles. The lowest BCUT2D eigenvalue weighted by atomic mass is 10.1. The standard InChI is InChI=1S/C15H9N3O2S/c16-9-11(14(19)20)8-12-13(10-4-2-1-3-5-10)17-15-18(12)6-7-21-15/h1-8H,(H,19,20)/b11-8-. The van der Waals surface area contributed by atoms with Crippen LogP contribution >= 0.6 is 11.3 Å². The minimum atomic E-state index is -1.25. The molecular formula is C15H9N3O2S. The summed E-state index contributed by atoms with van der Waals surface area (Å²) in [6, 6.07) is 11.2. The van der Waals surface area contributed by atoms with Gasteiger partial charge in [0.05, 0.1) is 11.4 Å². The van der Waals surface area contributed by atoms with Gasteiger partial charge in [-0.25, -0.2) is 9.78 Å². The van der Waals surface area contributed by atoms with E-state index in [1.54, 1.807) is 10.5 Å². The normalized spacial score (nSPS) is 11.5. The van der Waals surface area contributed by atoms with Crippen molar-refractivity contribution in [3.8, 4) is 17.3 Å². The average molecular weight is 295 g/mol. The van der Waals surface area contributed by atoms with Gasteiger partial charge in [0, 0.05) is 17.1 Å². The lowest BCUT2D eigenvalue weighted by molar-refractivity contribution is -0.132. The Morgan fingerprint density at radius 2 is 2.14 bits per heavy atom. The molecule has 0 fully saturated rings. The molecule has 102 valence electrons. The van der Waals surface area contributed by atoms with Gasteiger partial charge in [-0.1, -0.05) is 30.3 Å². The fourth-order valence-electron chi connectivity index (χ4n) is 2.03. The molecule has 2 aromatic heterocycles. The van der Waals surface area contributed by atoms with Crippen molar-refractivity contribution in [3.05, 3.63) is 53.2 Å². The molecule has 0 radical (unpaired) electrons. The van der Waals surface area contributed by atoms with Gasteiger partial charge in [-0.3, -0.25) is 4.40 Å². The van der Waals surface area contributed by atoms with Crippen molar-refractivity contribution in [2.45, 2.75) is 0 Å². The third kappa shape index (κ3) is 2.30. The second kappa shape index (κ2) is 5.23. The maximum Gasteiger partial charge on any atom is 0.346 e. The Kier molecular flexibility index (Phi) is 3.26. The zero-order valence-electron chi connectivity index (χ0n) is 10.7. The number of imidazole rings is 1. The summed E-state index contributed by atoms with van der Waals surface area (Å²) in [7, 11) is 0. The van der Waals surface area contributed by atoms with E-state index in [9.17, 15) is 4.79 Å². The van der Waals surface area contributed by atoms with Crippen LogP contribution in [0.15, 0.2) is 47.5 Å². The molecule has 1 aromatic carbocycles. The van der Waals surface area contributed by atoms with E-state index in [0.29, 0.717) is 11.4 Å². The highest BCUT2D eigenvalue weighted by molar-refractivity contribution is 7.15. The first kappa shape index (κ1) is 13.1. The zero-order valence-corrected chi connectivity index (χ0v) is 11.5. The van der Waals surface area contributed by atoms with Crippen molar-refractivity contribution < 1.29 is 9.90 Å². The topological polar surface area (TPSA) is 78.4 Å². The van der Waals surface area contributed by atoms with Crippen molar-refractivity contribution in [3.63, 3.8) is 0 Å². The number of carbonyl (C=O) groups is 1. The van der Waals surface area contributed by atoms with E-state index in [4.69, 9.17) is 10.4 Å². The number of fused-ring (bicyclic) bond motifs is 1. The zero-order chi connectivity index (χ0) is 14.8. The van der Waals surface area contributed by atoms with Crippen LogP contribution in [0, 0.1) is 11.3 Å². The van der Waals surface area contributed by atoms with Crippen LogP contribution in [0.3, 0.4) is 0 Å². The summed E-state index contributed by atoms with van der Waals surface area (Å²) in [6.07, 6.45) is 3.17. The highest BCUT2D eigenvalue weighted by Crippen LogP contribution is 2.28. The Balaban J connectivity index is 2.27. The second-order valence-corrected chi connectivity index (χ2v) is 5.12. The number of carboxylic acids is 1. The Labute approximate surface area is 124 Å². The van der Waals surface area contributed by atoms with Crippen LogP contribution in [0.1, 0.15) is 5.69 Å². The van der Waals surface area contributed by atoms with Crippen LogP contribution in [-0.4, -0.2) is 20.5 Å². The minimum Gasteiger partial charge on any atom is -0.477 e. The quantitative estimate of drug-likeness (QED) is 0.595. The lowest BCUT2D eigenvalue weighted by Crippen LogP contribution is -1.98. The molecule has 21 heavy (non-hydrogen) atoms. The summed E-state index contributed by atoms with van der Waals surface area (Å²) in [4.78, 5) is 16.3. The molecule has 0 aliphatic carbocycles. The second-order valence-electron chi connectivity index (χ2n) is 4.24. The molecule has 0 aliphatic rings. The minimum absolute atomic E-state index is 0.319. The summed E-state index contributed by atoms with van der Waals surface area (Å²) >= 11 is 1.45. The first-order chi connectivity index (χ1) is 10.2. The van der Waals surface area contributed by atoms with Crippen LogP contribution in [0.2, 0.25) is 0 Å². The summed E-state index contributed by atoms with van der Waals surface area (Å²) < 4.78 is 1.78. The van der Waals surface area contributed by atoms with Crippen molar-refractivity contribution in [1.82, 2.24) is 9.38 Å². The average Bonchev–Trinajstić information content (AvgIpc) is 3.06. The lowest BCUT2D eigenvalue weighted by Gasteiger charge is -2.00. The van der Waals surface area contributed by atoms with E-state index in [0.717, 1.165) is 10.5 Å². The fourth-order valence-corrected chi connectivity index (χ4v) is 2.75. The maximum absolute atomic E-state index is 11.1. The van der Waals surface area contributed by atoms with Gasteiger partial charge in [0.15, 0.2) is 4.96 Å². The molecule has 0 bridgehead atoms. The van der Waals surface area contributed by atoms with Crippen LogP contribution in [0.4, 0.5) is 0 Å². The van der Waals surface area contributed by atoms with Gasteiger partial charge in [0.25, 0.3) is 0 Å². The maximum atomic E-state index is 11.1. The molecule has 3 rings (SSSR count). The number of carboxylic acid groups (broad SMARTS) is 1. The van der Waals surface area contributed by atoms with Crippen LogP contribution in [0.5, 0.6) is 0 Å². The number of aromatic nitrogens is 2. The van der Waals surface area contributed by atoms with E-state index < -0.39 is 5.97 Å². The van der Waals surface area contributed by atoms with E-state index in [-0.39, 0.29) is 5.57 Å². The van der Waals surface area contributed by atoms with Crippen molar-refractivity contribution in [2.24, 2.45) is 0 Å². The fraction of sp³-hybridized carbons (Fsp3) is 0. The molecule has 0 unspecified atom stereocenters. The van der Waals surface area contributed by atoms with Gasteiger partial charge < -0.3 is 5.11 Å². The van der Waals surface area contributed by atoms with Crippen LogP contribution < -0.4 is 0 Å². The predicted molar refractivity (Wildman–Crippen MR) is 79.7 cm³/mol. The smallest absolute Gasteiger partial charge is 0.346 e. The molecule has 0 aliphatic heterocycles. The number of hydrogen-bond donors (Lipinski definition) is 1. The highest BCUT2D eigenvalue weighted by Gasteiger charge is 2.15. The van der Waals surface area contributed by atoms with Gasteiger partial charge in [0.1, 0.15) is 11.6 Å². The van der Waals surface area contributed by atoms with Crippen molar-refractivity contribution >= 4 is 28.3 Å². The summed E-state index contributed by atoms with van der Waals surface area (Å²) in [5.74, 6) is -1.25. The Morgan fingerprint density at radius 3 is 2.81 bits per heavy atom. The molecule has 6 heteroatoms. The molecule has 0 spiro atoms. The van der Waals surface area contributed by atoms with Crippen LogP contribution in [0.25, 0.3) is 22.3 Å². The number of rotatable bonds is 3. The molecular weight excluding hydrogens is 286 g/mol. The van der Waals surface area contributed by atoms with Crippen molar-refractivity contribution in [1.29, 1.82) is 5.26 Å². The van der Waals surface area contributed by atoms with Gasteiger partial charge in [0.2, 0.25) is 0 Å². The Hall–Kier alpha value is -2.91. The number of aliphatic carboxylic acids is 1. The summed E-state index contributed by atoms with van der Waals surface area (Å²) in [5.41, 5.74) is 1.82. The monoisotopic (exact) mass is 295 g/mol. The molecule has 0 saturated carbocycles. The molecule has 0 amide bonds. The number of nitriles is 1. The van der Waals surface area contributed by atoms with Gasteiger partial charge in [-0.15, -0.1) is 11.3 Å². The predicted octanol–water partition coefficient (Wildman–Crippen LogP) is 3.05. The number of benzene rings is 1. The summed E-state index contributed by atoms with van der Waals surface area (Å²) in [6.45, 7) is 0. The third-order valence-corrected chi connectivity index (χ3v) is 3.73. The number of hydrogen-bond acceptors (Lipinski definition) is 4. The van der Waals surface area contributed by atoms with Crippen molar-refractivity contribution in [2.75, 3.05) is 0 Å². The first-order valence-corrected chi connectivity index (χ1v) is 6.94. The summed E-state index contributed by atoms with van der Waals surface area (Å²) in [5, 5.41) is 19.9. The van der Waals surface area contributed by atoms with Gasteiger partial charge in [-0.2, -0.15) is 5.26 Å².